The molecule has 0 aliphatic carbocycles. The van der Waals surface area contributed by atoms with Gasteiger partial charge in [0.25, 0.3) is 5.91 Å². The van der Waals surface area contributed by atoms with Gasteiger partial charge in [0.1, 0.15) is 5.69 Å². The van der Waals surface area contributed by atoms with Crippen LogP contribution in [0.25, 0.3) is 11.5 Å². The molecule has 134 valence electrons. The van der Waals surface area contributed by atoms with Crippen LogP contribution in [0.2, 0.25) is 0 Å². The van der Waals surface area contributed by atoms with Gasteiger partial charge >= 0.3 is 5.97 Å². The number of hydrogen-bond donors (Lipinski definition) is 1. The molecule has 1 atom stereocenters. The topological polar surface area (TPSA) is 107 Å². The summed E-state index contributed by atoms with van der Waals surface area (Å²) in [4.78, 5) is 32.1. The quantitative estimate of drug-likeness (QED) is 0.796. The first-order chi connectivity index (χ1) is 11.7. The van der Waals surface area contributed by atoms with Gasteiger partial charge in [-0.05, 0) is 39.8 Å². The lowest BCUT2D eigenvalue weighted by molar-refractivity contribution is -0.155. The largest absolute Gasteiger partial charge is 0.453 e. The maximum absolute atomic E-state index is 11.9. The van der Waals surface area contributed by atoms with Gasteiger partial charge in [-0.25, -0.2) is 0 Å². The van der Waals surface area contributed by atoms with E-state index in [-0.39, 0.29) is 24.3 Å². The molecular weight excluding hydrogens is 324 g/mol. The maximum atomic E-state index is 11.9. The number of hydrogen-bond acceptors (Lipinski definition) is 7. The number of pyridine rings is 1. The number of carbonyl (C=O) groups excluding carboxylic acids is 2. The third-order valence-electron chi connectivity index (χ3n) is 3.08. The number of nitrogens with one attached hydrogen (secondary N) is 1. The molecule has 2 aromatic rings. The van der Waals surface area contributed by atoms with E-state index in [0.717, 1.165) is 0 Å². The standard InChI is InChI=1S/C17H22N4O4/c1-11(16(23)20-17(2,3)4)24-14(22)9-8-13-19-15(21-25-13)12-7-5-6-10-18-12/h5-7,10-11H,8-9H2,1-4H3,(H,20,23). The number of esters is 1. The highest BCUT2D eigenvalue weighted by Crippen LogP contribution is 2.13. The van der Waals surface area contributed by atoms with Crippen LogP contribution in [-0.2, 0) is 20.7 Å². The van der Waals surface area contributed by atoms with Crippen LogP contribution >= 0.6 is 0 Å². The number of aromatic nitrogens is 3. The molecule has 8 heteroatoms. The maximum Gasteiger partial charge on any atom is 0.307 e. The van der Waals surface area contributed by atoms with Crippen LogP contribution in [0.4, 0.5) is 0 Å². The molecule has 0 aliphatic rings. The molecule has 0 aliphatic heterocycles. The van der Waals surface area contributed by atoms with E-state index in [1.807, 2.05) is 26.8 Å². The zero-order valence-corrected chi connectivity index (χ0v) is 14.8. The molecule has 8 nitrogen and oxygen atoms in total. The van der Waals surface area contributed by atoms with E-state index in [0.29, 0.717) is 17.4 Å². The summed E-state index contributed by atoms with van der Waals surface area (Å²) in [5, 5.41) is 6.58. The highest BCUT2D eigenvalue weighted by atomic mass is 16.5. The van der Waals surface area contributed by atoms with Crippen LogP contribution in [-0.4, -0.2) is 38.6 Å². The van der Waals surface area contributed by atoms with Gasteiger partial charge in [0.2, 0.25) is 11.7 Å². The minimum Gasteiger partial charge on any atom is -0.453 e. The highest BCUT2D eigenvalue weighted by Gasteiger charge is 2.22. The molecule has 0 aromatic carbocycles. The van der Waals surface area contributed by atoms with E-state index in [9.17, 15) is 9.59 Å². The van der Waals surface area contributed by atoms with Gasteiger partial charge in [0, 0.05) is 18.2 Å². The van der Waals surface area contributed by atoms with Crippen LogP contribution in [0.5, 0.6) is 0 Å². The van der Waals surface area contributed by atoms with Crippen LogP contribution in [0, 0.1) is 0 Å². The van der Waals surface area contributed by atoms with E-state index in [2.05, 4.69) is 20.4 Å². The summed E-state index contributed by atoms with van der Waals surface area (Å²) in [6, 6.07) is 5.37. The van der Waals surface area contributed by atoms with Crippen molar-refractivity contribution in [3.05, 3.63) is 30.3 Å². The Morgan fingerprint density at radius 3 is 2.72 bits per heavy atom. The van der Waals surface area contributed by atoms with Crippen molar-refractivity contribution in [2.45, 2.75) is 52.2 Å². The summed E-state index contributed by atoms with van der Waals surface area (Å²) in [5.74, 6) is -0.170. The Labute approximate surface area is 146 Å². The zero-order valence-electron chi connectivity index (χ0n) is 14.8. The van der Waals surface area contributed by atoms with E-state index < -0.39 is 12.1 Å². The monoisotopic (exact) mass is 346 g/mol. The zero-order chi connectivity index (χ0) is 18.4. The van der Waals surface area contributed by atoms with Crippen molar-refractivity contribution in [3.63, 3.8) is 0 Å². The van der Waals surface area contributed by atoms with Gasteiger partial charge in [-0.2, -0.15) is 4.98 Å². The molecule has 0 saturated heterocycles. The second-order valence-corrected chi connectivity index (χ2v) is 6.60. The molecule has 2 aromatic heterocycles. The molecule has 0 spiro atoms. The third kappa shape index (κ3) is 5.98. The Kier molecular flexibility index (Phi) is 5.84. The van der Waals surface area contributed by atoms with Crippen LogP contribution in [0.15, 0.2) is 28.9 Å². The van der Waals surface area contributed by atoms with Gasteiger partial charge < -0.3 is 14.6 Å². The number of carbonyl (C=O) groups is 2. The Balaban J connectivity index is 1.82. The van der Waals surface area contributed by atoms with Crippen molar-refractivity contribution in [2.24, 2.45) is 0 Å². The summed E-state index contributed by atoms with van der Waals surface area (Å²) in [7, 11) is 0. The first-order valence-corrected chi connectivity index (χ1v) is 8.00. The molecule has 1 amide bonds. The second-order valence-electron chi connectivity index (χ2n) is 6.60. The summed E-state index contributed by atoms with van der Waals surface area (Å²) < 4.78 is 10.2. The lowest BCUT2D eigenvalue weighted by Gasteiger charge is -2.23. The summed E-state index contributed by atoms with van der Waals surface area (Å²) in [6.45, 7) is 7.10. The Bertz CT molecular complexity index is 722. The van der Waals surface area contributed by atoms with Crippen LogP contribution < -0.4 is 5.32 Å². The first kappa shape index (κ1) is 18.6. The molecular formula is C17H22N4O4. The Hall–Kier alpha value is -2.77. The lowest BCUT2D eigenvalue weighted by Crippen LogP contribution is -2.46. The second kappa shape index (κ2) is 7.87. The van der Waals surface area contributed by atoms with Crippen molar-refractivity contribution in [1.29, 1.82) is 0 Å². The molecule has 0 saturated carbocycles. The summed E-state index contributed by atoms with van der Waals surface area (Å²) in [5.41, 5.74) is 0.205. The van der Waals surface area contributed by atoms with Crippen molar-refractivity contribution in [1.82, 2.24) is 20.4 Å². The van der Waals surface area contributed by atoms with Gasteiger partial charge in [-0.1, -0.05) is 11.2 Å². The molecule has 0 fully saturated rings. The van der Waals surface area contributed by atoms with Crippen molar-refractivity contribution in [2.75, 3.05) is 0 Å². The molecule has 0 radical (unpaired) electrons. The first-order valence-electron chi connectivity index (χ1n) is 8.00. The number of amides is 1. The van der Waals surface area contributed by atoms with E-state index in [1.165, 1.54) is 6.92 Å². The van der Waals surface area contributed by atoms with E-state index in [4.69, 9.17) is 9.26 Å². The number of aryl methyl sites for hydroxylation is 1. The van der Waals surface area contributed by atoms with Gasteiger partial charge in [-0.3, -0.25) is 14.6 Å². The Morgan fingerprint density at radius 2 is 2.08 bits per heavy atom. The van der Waals surface area contributed by atoms with E-state index in [1.54, 1.807) is 18.3 Å². The van der Waals surface area contributed by atoms with Crippen molar-refractivity contribution < 1.29 is 18.8 Å². The molecule has 0 bridgehead atoms. The SMILES string of the molecule is CC(OC(=O)CCc1nc(-c2ccccn2)no1)C(=O)NC(C)(C)C. The van der Waals surface area contributed by atoms with Gasteiger partial charge in [0.15, 0.2) is 6.10 Å². The minimum atomic E-state index is -0.863. The fourth-order valence-corrected chi connectivity index (χ4v) is 1.95. The average Bonchev–Trinajstić information content (AvgIpc) is 3.01. The predicted molar refractivity (Wildman–Crippen MR) is 89.3 cm³/mol. The summed E-state index contributed by atoms with van der Waals surface area (Å²) in [6.07, 6.45) is 1.04. The van der Waals surface area contributed by atoms with Crippen molar-refractivity contribution >= 4 is 11.9 Å². The van der Waals surface area contributed by atoms with Gasteiger partial charge in [0.05, 0.1) is 6.42 Å². The lowest BCUT2D eigenvalue weighted by atomic mass is 10.1. The van der Waals surface area contributed by atoms with Gasteiger partial charge in [-0.15, -0.1) is 0 Å². The summed E-state index contributed by atoms with van der Waals surface area (Å²) >= 11 is 0. The fraction of sp³-hybridized carbons (Fsp3) is 0.471. The van der Waals surface area contributed by atoms with Crippen LogP contribution in [0.1, 0.15) is 40.0 Å². The number of nitrogens with zero attached hydrogens (tertiary/aromatic N) is 3. The molecule has 25 heavy (non-hydrogen) atoms. The van der Waals surface area contributed by atoms with Crippen molar-refractivity contribution in [3.8, 4) is 11.5 Å². The third-order valence-corrected chi connectivity index (χ3v) is 3.08. The average molecular weight is 346 g/mol. The van der Waals surface area contributed by atoms with Crippen LogP contribution in [0.3, 0.4) is 0 Å². The Morgan fingerprint density at radius 1 is 1.32 bits per heavy atom. The normalized spacial score (nSPS) is 12.5. The molecule has 2 rings (SSSR count). The molecule has 1 unspecified atom stereocenters. The molecule has 2 heterocycles. The smallest absolute Gasteiger partial charge is 0.307 e. The molecule has 1 N–H and O–H groups in total. The minimum absolute atomic E-state index is 0.0387. The number of rotatable bonds is 6. The fourth-order valence-electron chi connectivity index (χ4n) is 1.95. The highest BCUT2D eigenvalue weighted by molar-refractivity contribution is 5.83. The number of ether oxygens (including phenoxy) is 1. The van der Waals surface area contributed by atoms with E-state index >= 15 is 0 Å². The predicted octanol–water partition coefficient (Wildman–Crippen LogP) is 1.91.